The minimum atomic E-state index is -0.611. The molecule has 2 aromatic heterocycles. The Morgan fingerprint density at radius 3 is 2.67 bits per heavy atom. The quantitative estimate of drug-likeness (QED) is 0.550. The van der Waals surface area contributed by atoms with E-state index in [4.69, 9.17) is 11.6 Å². The number of carbonyl (C=O) groups is 1. The van der Waals surface area contributed by atoms with Crippen LogP contribution in [0.1, 0.15) is 23.2 Å². The molecule has 122 valence electrons. The van der Waals surface area contributed by atoms with Crippen molar-refractivity contribution in [3.05, 3.63) is 48.0 Å². The number of carbonyl (C=O) groups excluding carboxylic acids is 1. The zero-order valence-corrected chi connectivity index (χ0v) is 13.4. The summed E-state index contributed by atoms with van der Waals surface area (Å²) in [5.74, 6) is 0.686. The summed E-state index contributed by atoms with van der Waals surface area (Å²) in [6.45, 7) is 0. The summed E-state index contributed by atoms with van der Waals surface area (Å²) in [6, 6.07) is 12.6. The molecule has 6 nitrogen and oxygen atoms in total. The molecule has 3 aromatic rings. The number of anilines is 1. The fraction of sp³-hybridized carbons (Fsp3) is 0.235. The number of hydrogen-bond donors (Lipinski definition) is 2. The third kappa shape index (κ3) is 2.86. The highest BCUT2D eigenvalue weighted by Gasteiger charge is 2.30. The van der Waals surface area contributed by atoms with Gasteiger partial charge in [-0.25, -0.2) is 4.52 Å². The average Bonchev–Trinajstić information content (AvgIpc) is 3.35. The lowest BCUT2D eigenvalue weighted by Gasteiger charge is -2.08. The highest BCUT2D eigenvalue weighted by molar-refractivity contribution is 6.67. The fourth-order valence-corrected chi connectivity index (χ4v) is 2.74. The van der Waals surface area contributed by atoms with Crippen molar-refractivity contribution >= 4 is 28.4 Å². The number of benzene rings is 1. The van der Waals surface area contributed by atoms with Crippen molar-refractivity contribution < 1.29 is 9.90 Å². The molecule has 2 N–H and O–H groups in total. The Morgan fingerprint density at radius 2 is 2.00 bits per heavy atom. The maximum Gasteiger partial charge on any atom is 0.252 e. The Hall–Kier alpha value is -2.44. The van der Waals surface area contributed by atoms with Gasteiger partial charge < -0.3 is 10.4 Å². The topological polar surface area (TPSA) is 79.5 Å². The molecule has 1 saturated carbocycles. The summed E-state index contributed by atoms with van der Waals surface area (Å²) in [6.07, 6.45) is 1.44. The normalized spacial score (nSPS) is 15.4. The molecular weight excluding hydrogens is 328 g/mol. The predicted octanol–water partition coefficient (Wildman–Crippen LogP) is 2.92. The standard InChI is InChI=1S/C17H15ClN4O2/c18-15(23)11-6-4-10(5-7-11)13-2-1-3-14-19-17(21-22(13)14)20-16(24)12-8-9-12/h1-7,12,16,24H,8-9H2,(H,20,21). The molecule has 1 fully saturated rings. The van der Waals surface area contributed by atoms with Crippen LogP contribution in [0.3, 0.4) is 0 Å². The summed E-state index contributed by atoms with van der Waals surface area (Å²) in [4.78, 5) is 15.6. The number of rotatable bonds is 5. The average molecular weight is 343 g/mol. The van der Waals surface area contributed by atoms with E-state index in [-0.39, 0.29) is 5.92 Å². The van der Waals surface area contributed by atoms with E-state index < -0.39 is 11.5 Å². The molecule has 0 saturated heterocycles. The number of nitrogens with one attached hydrogen (secondary N) is 1. The minimum absolute atomic E-state index is 0.289. The summed E-state index contributed by atoms with van der Waals surface area (Å²) in [7, 11) is 0. The van der Waals surface area contributed by atoms with Gasteiger partial charge in [-0.15, -0.1) is 5.10 Å². The van der Waals surface area contributed by atoms with E-state index in [2.05, 4.69) is 15.4 Å². The van der Waals surface area contributed by atoms with Gasteiger partial charge in [0.2, 0.25) is 5.95 Å². The lowest BCUT2D eigenvalue weighted by Crippen LogP contribution is -2.21. The molecule has 1 aliphatic carbocycles. The third-order valence-electron chi connectivity index (χ3n) is 4.11. The molecule has 0 aliphatic heterocycles. The first-order valence-corrected chi connectivity index (χ1v) is 8.10. The number of hydrogen-bond acceptors (Lipinski definition) is 5. The van der Waals surface area contributed by atoms with Gasteiger partial charge in [0.25, 0.3) is 5.24 Å². The molecule has 0 bridgehead atoms. The molecular formula is C17H15ClN4O2. The molecule has 0 radical (unpaired) electrons. The van der Waals surface area contributed by atoms with Gasteiger partial charge in [0.15, 0.2) is 5.65 Å². The lowest BCUT2D eigenvalue weighted by atomic mass is 10.1. The third-order valence-corrected chi connectivity index (χ3v) is 4.33. The van der Waals surface area contributed by atoms with Crippen LogP contribution >= 0.6 is 11.6 Å². The van der Waals surface area contributed by atoms with Gasteiger partial charge in [-0.2, -0.15) is 4.98 Å². The zero-order chi connectivity index (χ0) is 16.7. The van der Waals surface area contributed by atoms with Crippen LogP contribution in [0.2, 0.25) is 0 Å². The van der Waals surface area contributed by atoms with Gasteiger partial charge in [0, 0.05) is 17.0 Å². The van der Waals surface area contributed by atoms with Crippen molar-refractivity contribution in [3.63, 3.8) is 0 Å². The molecule has 0 spiro atoms. The number of aromatic nitrogens is 3. The van der Waals surface area contributed by atoms with Gasteiger partial charge in [-0.05, 0) is 48.7 Å². The first kappa shape index (κ1) is 15.1. The number of nitrogens with zero attached hydrogens (tertiary/aromatic N) is 3. The van der Waals surface area contributed by atoms with Crippen LogP contribution in [0.25, 0.3) is 16.9 Å². The number of aliphatic hydroxyl groups excluding tert-OH is 1. The van der Waals surface area contributed by atoms with Gasteiger partial charge in [0.1, 0.15) is 6.23 Å². The molecule has 7 heteroatoms. The van der Waals surface area contributed by atoms with Crippen molar-refractivity contribution in [2.75, 3.05) is 5.32 Å². The Kier molecular flexibility index (Phi) is 3.70. The van der Waals surface area contributed by atoms with E-state index in [1.165, 1.54) is 0 Å². The second-order valence-corrected chi connectivity index (χ2v) is 6.24. The molecule has 24 heavy (non-hydrogen) atoms. The maximum atomic E-state index is 11.2. The predicted molar refractivity (Wildman–Crippen MR) is 91.0 cm³/mol. The van der Waals surface area contributed by atoms with E-state index in [9.17, 15) is 9.90 Å². The number of halogens is 1. The van der Waals surface area contributed by atoms with Gasteiger partial charge in [0.05, 0.1) is 5.69 Å². The molecule has 1 unspecified atom stereocenters. The maximum absolute atomic E-state index is 11.2. The molecule has 1 aliphatic rings. The Labute approximate surface area is 143 Å². The van der Waals surface area contributed by atoms with E-state index >= 15 is 0 Å². The number of fused-ring (bicyclic) bond motifs is 1. The first-order chi connectivity index (χ1) is 11.6. The SMILES string of the molecule is O=C(Cl)c1ccc(-c2cccc3nc(NC(O)C4CC4)nn23)cc1. The van der Waals surface area contributed by atoms with Crippen LogP contribution in [0.4, 0.5) is 5.95 Å². The van der Waals surface area contributed by atoms with Crippen molar-refractivity contribution in [1.29, 1.82) is 0 Å². The molecule has 1 aromatic carbocycles. The Morgan fingerprint density at radius 1 is 1.25 bits per heavy atom. The second kappa shape index (κ2) is 5.89. The van der Waals surface area contributed by atoms with Gasteiger partial charge >= 0.3 is 0 Å². The second-order valence-electron chi connectivity index (χ2n) is 5.89. The van der Waals surface area contributed by atoms with Crippen LogP contribution < -0.4 is 5.32 Å². The molecule has 1 atom stereocenters. The highest BCUT2D eigenvalue weighted by Crippen LogP contribution is 2.32. The monoisotopic (exact) mass is 342 g/mol. The van der Waals surface area contributed by atoms with Crippen molar-refractivity contribution in [2.24, 2.45) is 5.92 Å². The van der Waals surface area contributed by atoms with Crippen LogP contribution in [-0.2, 0) is 0 Å². The summed E-state index contributed by atoms with van der Waals surface area (Å²) in [5.41, 5.74) is 2.85. The van der Waals surface area contributed by atoms with Crippen LogP contribution in [0.15, 0.2) is 42.5 Å². The summed E-state index contributed by atoms with van der Waals surface area (Å²) >= 11 is 5.48. The van der Waals surface area contributed by atoms with E-state index in [1.807, 2.05) is 30.3 Å². The smallest absolute Gasteiger partial charge is 0.252 e. The Bertz CT molecular complexity index is 903. The molecule has 2 heterocycles. The minimum Gasteiger partial charge on any atom is -0.373 e. The van der Waals surface area contributed by atoms with Gasteiger partial charge in [-0.1, -0.05) is 18.2 Å². The largest absolute Gasteiger partial charge is 0.373 e. The fourth-order valence-electron chi connectivity index (χ4n) is 2.62. The summed E-state index contributed by atoms with van der Waals surface area (Å²) < 4.78 is 1.71. The lowest BCUT2D eigenvalue weighted by molar-refractivity contribution is 0.108. The Balaban J connectivity index is 1.69. The van der Waals surface area contributed by atoms with Crippen molar-refractivity contribution in [1.82, 2.24) is 14.6 Å². The van der Waals surface area contributed by atoms with Crippen LogP contribution in [0.5, 0.6) is 0 Å². The zero-order valence-electron chi connectivity index (χ0n) is 12.7. The van der Waals surface area contributed by atoms with Crippen LogP contribution in [-0.4, -0.2) is 31.2 Å². The van der Waals surface area contributed by atoms with E-state index in [1.54, 1.807) is 16.6 Å². The van der Waals surface area contributed by atoms with Crippen LogP contribution in [0, 0.1) is 5.92 Å². The van der Waals surface area contributed by atoms with E-state index in [0.29, 0.717) is 17.2 Å². The molecule has 0 amide bonds. The summed E-state index contributed by atoms with van der Waals surface area (Å²) in [5, 5.41) is 16.9. The molecule has 4 rings (SSSR count). The first-order valence-electron chi connectivity index (χ1n) is 7.72. The number of pyridine rings is 1. The highest BCUT2D eigenvalue weighted by atomic mass is 35.5. The number of aliphatic hydroxyl groups is 1. The van der Waals surface area contributed by atoms with Crippen molar-refractivity contribution in [2.45, 2.75) is 19.1 Å². The van der Waals surface area contributed by atoms with Crippen molar-refractivity contribution in [3.8, 4) is 11.3 Å². The van der Waals surface area contributed by atoms with Gasteiger partial charge in [-0.3, -0.25) is 4.79 Å². The van der Waals surface area contributed by atoms with E-state index in [0.717, 1.165) is 24.1 Å².